The van der Waals surface area contributed by atoms with Gasteiger partial charge in [0.2, 0.25) is 5.88 Å². The van der Waals surface area contributed by atoms with Gasteiger partial charge in [0.1, 0.15) is 0 Å². The lowest BCUT2D eigenvalue weighted by Gasteiger charge is -2.04. The molecule has 1 aromatic rings. The molecule has 1 aromatic heterocycles. The lowest BCUT2D eigenvalue weighted by atomic mass is 9.81. The molecule has 70 valence electrons. The van der Waals surface area contributed by atoms with Gasteiger partial charge in [-0.15, -0.1) is 0 Å². The maximum Gasteiger partial charge on any atom is 0.488 e. The monoisotopic (exact) mass is 188 g/mol. The number of rotatable bonds is 4. The van der Waals surface area contributed by atoms with Crippen molar-refractivity contribution in [2.45, 2.75) is 13.2 Å². The van der Waals surface area contributed by atoms with E-state index in [1.165, 1.54) is 6.07 Å². The lowest BCUT2D eigenvalue weighted by Crippen LogP contribution is -2.29. The number of ether oxygens (including phenoxy) is 1. The van der Waals surface area contributed by atoms with Crippen LogP contribution >= 0.6 is 0 Å². The number of pyridine rings is 1. The van der Waals surface area contributed by atoms with E-state index in [4.69, 9.17) is 19.6 Å². The summed E-state index contributed by atoms with van der Waals surface area (Å²) in [4.78, 5) is 3.57. The molecule has 0 saturated carbocycles. The topological polar surface area (TPSA) is 62.6 Å². The predicted octanol–water partition coefficient (Wildman–Crippen LogP) is -0.450. The minimum absolute atomic E-state index is 0.0553. The first-order valence-electron chi connectivity index (χ1n) is 6.89. The number of hydrogen-bond donors (Lipinski definition) is 2. The molecule has 2 N–H and O–H groups in total. The molecule has 13 heavy (non-hydrogen) atoms. The van der Waals surface area contributed by atoms with Crippen LogP contribution in [0.5, 0.6) is 5.88 Å². The fourth-order valence-electron chi connectivity index (χ4n) is 0.719. The molecule has 0 atom stereocenters. The van der Waals surface area contributed by atoms with Crippen LogP contribution in [-0.4, -0.2) is 28.7 Å². The number of nitrogens with zero attached hydrogens (tertiary/aromatic N) is 1. The van der Waals surface area contributed by atoms with E-state index in [1.54, 1.807) is 0 Å². The van der Waals surface area contributed by atoms with Crippen molar-refractivity contribution in [2.24, 2.45) is 0 Å². The van der Waals surface area contributed by atoms with Gasteiger partial charge in [0.05, 0.1) is 9.30 Å². The SMILES string of the molecule is [2H]C([2H])([2H])C([2H])([2H])C([2H])([2H])Oc1cc(B(O)O)ccn1. The second-order valence-electron chi connectivity index (χ2n) is 2.13. The van der Waals surface area contributed by atoms with Crippen molar-refractivity contribution < 1.29 is 24.4 Å². The first kappa shape index (κ1) is 3.98. The van der Waals surface area contributed by atoms with Gasteiger partial charge in [-0.2, -0.15) is 0 Å². The Balaban J connectivity index is 3.05. The van der Waals surface area contributed by atoms with Crippen LogP contribution in [0.4, 0.5) is 0 Å². The van der Waals surface area contributed by atoms with Gasteiger partial charge in [0.15, 0.2) is 0 Å². The first-order valence-corrected chi connectivity index (χ1v) is 3.39. The van der Waals surface area contributed by atoms with Crippen molar-refractivity contribution in [1.29, 1.82) is 0 Å². The normalized spacial score (nSPS) is 20.9. The summed E-state index contributed by atoms with van der Waals surface area (Å²) in [7, 11) is -1.84. The van der Waals surface area contributed by atoms with E-state index in [0.29, 0.717) is 0 Å². The Labute approximate surface area is 87.2 Å². The summed E-state index contributed by atoms with van der Waals surface area (Å²) >= 11 is 0. The highest BCUT2D eigenvalue weighted by Gasteiger charge is 2.11. The van der Waals surface area contributed by atoms with Crippen molar-refractivity contribution in [3.63, 3.8) is 0 Å². The molecule has 0 bridgehead atoms. The maximum atomic E-state index is 8.95. The zero-order valence-electron chi connectivity index (χ0n) is 13.6. The summed E-state index contributed by atoms with van der Waals surface area (Å²) in [6.07, 6.45) is -2.19. The Morgan fingerprint density at radius 2 is 2.62 bits per heavy atom. The van der Waals surface area contributed by atoms with Crippen LogP contribution in [-0.2, 0) is 0 Å². The third kappa shape index (κ3) is 3.04. The van der Waals surface area contributed by atoms with Crippen molar-refractivity contribution in [3.05, 3.63) is 18.3 Å². The molecule has 0 saturated heterocycles. The summed E-state index contributed by atoms with van der Waals surface area (Å²) in [5.74, 6) is -0.464. The van der Waals surface area contributed by atoms with Gasteiger partial charge in [-0.05, 0) is 17.9 Å². The van der Waals surface area contributed by atoms with Crippen LogP contribution in [0.15, 0.2) is 18.3 Å². The van der Waals surface area contributed by atoms with Crippen molar-refractivity contribution in [1.82, 2.24) is 4.98 Å². The van der Waals surface area contributed by atoms with Crippen LogP contribution in [0.3, 0.4) is 0 Å². The van der Waals surface area contributed by atoms with Gasteiger partial charge in [-0.1, -0.05) is 6.85 Å². The zero-order valence-corrected chi connectivity index (χ0v) is 6.56. The van der Waals surface area contributed by atoms with E-state index in [-0.39, 0.29) is 5.46 Å². The minimum Gasteiger partial charge on any atom is -0.478 e. The van der Waals surface area contributed by atoms with E-state index in [1.807, 2.05) is 0 Å². The van der Waals surface area contributed by atoms with Gasteiger partial charge in [0, 0.05) is 19.1 Å². The Hall–Kier alpha value is -1.07. The Kier molecular flexibility index (Phi) is 1.48. The van der Waals surface area contributed by atoms with Crippen molar-refractivity contribution in [2.75, 3.05) is 6.56 Å². The highest BCUT2D eigenvalue weighted by atomic mass is 16.5. The molecule has 1 rings (SSSR count). The predicted molar refractivity (Wildman–Crippen MR) is 49.8 cm³/mol. The van der Waals surface area contributed by atoms with E-state index in [0.717, 1.165) is 12.3 Å². The third-order valence-electron chi connectivity index (χ3n) is 1.26. The van der Waals surface area contributed by atoms with Crippen molar-refractivity contribution in [3.8, 4) is 5.88 Å². The second kappa shape index (κ2) is 4.84. The largest absolute Gasteiger partial charge is 0.488 e. The molecule has 0 aliphatic carbocycles. The molecule has 4 nitrogen and oxygen atoms in total. The van der Waals surface area contributed by atoms with Crippen LogP contribution in [0.1, 0.15) is 22.8 Å². The summed E-state index contributed by atoms with van der Waals surface area (Å²) in [6, 6.07) is 2.20. The first-order chi connectivity index (χ1) is 8.88. The molecule has 0 spiro atoms. The third-order valence-corrected chi connectivity index (χ3v) is 1.26. The quantitative estimate of drug-likeness (QED) is 0.628. The van der Waals surface area contributed by atoms with Gasteiger partial charge in [-0.3, -0.25) is 0 Å². The number of hydrogen-bond acceptors (Lipinski definition) is 4. The molecule has 0 aliphatic rings. The minimum atomic E-state index is -3.28. The molecule has 0 amide bonds. The summed E-state index contributed by atoms with van der Waals surface area (Å²) in [5.41, 5.74) is -0.0553. The highest BCUT2D eigenvalue weighted by Crippen LogP contribution is 2.02. The van der Waals surface area contributed by atoms with Gasteiger partial charge >= 0.3 is 7.12 Å². The highest BCUT2D eigenvalue weighted by molar-refractivity contribution is 6.58. The Bertz CT molecular complexity index is 479. The maximum absolute atomic E-state index is 8.95. The Morgan fingerprint density at radius 1 is 1.77 bits per heavy atom. The van der Waals surface area contributed by atoms with E-state index in [9.17, 15) is 0 Å². The summed E-state index contributed by atoms with van der Waals surface area (Å²) < 4.78 is 55.2. The van der Waals surface area contributed by atoms with Crippen LogP contribution in [0.25, 0.3) is 0 Å². The van der Waals surface area contributed by atoms with Gasteiger partial charge in [0.25, 0.3) is 0 Å². The number of aromatic nitrogens is 1. The van der Waals surface area contributed by atoms with Crippen molar-refractivity contribution >= 4 is 12.6 Å². The van der Waals surface area contributed by atoms with Crippen LogP contribution in [0, 0.1) is 0 Å². The average Bonchev–Trinajstić information content (AvgIpc) is 2.26. The van der Waals surface area contributed by atoms with Crippen LogP contribution in [0.2, 0.25) is 0 Å². The van der Waals surface area contributed by atoms with E-state index < -0.39 is 32.8 Å². The van der Waals surface area contributed by atoms with Gasteiger partial charge in [-0.25, -0.2) is 4.98 Å². The molecule has 1 heterocycles. The smallest absolute Gasteiger partial charge is 0.478 e. The lowest BCUT2D eigenvalue weighted by molar-refractivity contribution is 0.305. The standard InChI is InChI=1S/C8H12BNO3/c1-2-5-13-8-6-7(9(11)12)3-4-10-8/h3-4,6,11-12H,2,5H2,1H3/i1D3,2D2,5D2. The molecule has 0 fully saturated rings. The fraction of sp³-hybridized carbons (Fsp3) is 0.375. The van der Waals surface area contributed by atoms with Crippen LogP contribution < -0.4 is 10.2 Å². The Morgan fingerprint density at radius 3 is 3.31 bits per heavy atom. The molecule has 5 heteroatoms. The molecule has 0 aromatic carbocycles. The van der Waals surface area contributed by atoms with E-state index in [2.05, 4.69) is 9.72 Å². The zero-order chi connectivity index (χ0) is 15.8. The molecule has 0 unspecified atom stereocenters. The molecule has 0 aliphatic heterocycles. The second-order valence-corrected chi connectivity index (χ2v) is 2.13. The average molecular weight is 188 g/mol. The fourth-order valence-corrected chi connectivity index (χ4v) is 0.719. The molecular weight excluding hydrogens is 169 g/mol. The summed E-state index contributed by atoms with van der Waals surface area (Å²) in [5, 5.41) is 17.9. The van der Waals surface area contributed by atoms with Gasteiger partial charge < -0.3 is 14.8 Å². The molecule has 0 radical (unpaired) electrons. The molecular formula is C8H12BNO3. The summed E-state index contributed by atoms with van der Waals surface area (Å²) in [6.45, 7) is -6.44. The van der Waals surface area contributed by atoms with E-state index >= 15 is 0 Å².